The third-order valence-electron chi connectivity index (χ3n) is 19.3. The van der Waals surface area contributed by atoms with Crippen molar-refractivity contribution in [3.8, 4) is 68.3 Å². The average molecular weight is 1700 g/mol. The zero-order chi connectivity index (χ0) is 86.1. The second-order valence-electron chi connectivity index (χ2n) is 29.0. The summed E-state index contributed by atoms with van der Waals surface area (Å²) in [6.45, 7) is -0.164. The molecule has 1 amide bonds. The maximum atomic E-state index is 13.9. The number of halogens is 7. The maximum absolute atomic E-state index is 13.9. The number of hydrogen-bond acceptors (Lipinski definition) is 26. The van der Waals surface area contributed by atoms with Crippen molar-refractivity contribution < 1.29 is 45.4 Å². The number of amides is 1. The van der Waals surface area contributed by atoms with E-state index in [0.29, 0.717) is 104 Å². The number of nitrogens with two attached hydrogens (primary N) is 1. The van der Waals surface area contributed by atoms with Crippen LogP contribution in [0, 0.1) is 5.82 Å². The molecule has 12 aromatic heterocycles. The number of carbonyl (C=O) groups excluding carboxylic acids is 1. The summed E-state index contributed by atoms with van der Waals surface area (Å²) in [5.74, 6) is 4.98. The van der Waals surface area contributed by atoms with Crippen molar-refractivity contribution in [1.29, 1.82) is 0 Å². The molecule has 4 saturated carbocycles. The molecule has 22 rings (SSSR count). The summed E-state index contributed by atoms with van der Waals surface area (Å²) in [5.41, 5.74) is 10.6. The van der Waals surface area contributed by atoms with Gasteiger partial charge in [-0.3, -0.25) is 9.59 Å². The third-order valence-corrected chi connectivity index (χ3v) is 19.3. The van der Waals surface area contributed by atoms with Gasteiger partial charge in [-0.2, -0.15) is 53.4 Å². The van der Waals surface area contributed by atoms with Gasteiger partial charge in [0.25, 0.3) is 0 Å². The number of hydrogen-bond donors (Lipinski definition) is 8. The molecule has 34 nitrogen and oxygen atoms in total. The van der Waals surface area contributed by atoms with Crippen molar-refractivity contribution in [3.63, 3.8) is 0 Å². The number of primary amides is 1. The van der Waals surface area contributed by atoms with Gasteiger partial charge in [0.05, 0.1) is 23.2 Å². The van der Waals surface area contributed by atoms with E-state index in [1.807, 2.05) is 115 Å². The van der Waals surface area contributed by atoms with Crippen LogP contribution in [0.15, 0.2) is 237 Å². The van der Waals surface area contributed by atoms with Crippen LogP contribution in [-0.2, 0) is 21.9 Å². The van der Waals surface area contributed by atoms with Crippen LogP contribution in [-0.4, -0.2) is 173 Å². The molecular formula is C84H72F7N31O3. The lowest BCUT2D eigenvalue weighted by atomic mass is 10.1. The number of aliphatic carboxylic acids is 1. The van der Waals surface area contributed by atoms with Crippen LogP contribution in [0.2, 0.25) is 0 Å². The summed E-state index contributed by atoms with van der Waals surface area (Å²) >= 11 is 0. The van der Waals surface area contributed by atoms with Gasteiger partial charge in [-0.05, 0) is 154 Å². The Morgan fingerprint density at radius 2 is 0.624 bits per heavy atom. The fourth-order valence-corrected chi connectivity index (χ4v) is 12.5. The highest BCUT2D eigenvalue weighted by Gasteiger charge is 2.36. The SMILES string of the molecule is FC(F)(F)c1cccc(-c2nnc3ccc(NC4CC4)nn23)c1.FC(F)(F)c1ccccc1-c1nnc2ccc(NC3CC3)nn12.Fc1ccccc1-c1nnc2ccc(NC3CC3)nn12.NC(=O)CNc1ccc2nnc(-c3ccccc3)n2n1.O=C(O)CNc1ccc2nnc(-c3ccccc3)n2n1.c1ccc(-c2nnc3ccc(NC4CC4)nn23)cc1. The lowest BCUT2D eigenvalue weighted by molar-refractivity contribution is -0.138. The zero-order valence-corrected chi connectivity index (χ0v) is 65.6. The molecule has 9 N–H and O–H groups in total. The number of alkyl halides is 6. The van der Waals surface area contributed by atoms with Crippen LogP contribution in [0.25, 0.3) is 102 Å². The number of nitrogens with one attached hydrogen (secondary N) is 6. The number of rotatable bonds is 20. The minimum atomic E-state index is -4.47. The van der Waals surface area contributed by atoms with Crippen molar-refractivity contribution in [1.82, 2.24) is 119 Å². The number of carbonyl (C=O) groups is 2. The first-order chi connectivity index (χ1) is 60.7. The topological polar surface area (TPSA) is 411 Å². The number of anilines is 6. The standard InChI is InChI=1S/2C15H12F3N5.C14H12FN5.C14H13N5.C13H12N6O.C13H11N5O2/c16-15(17,18)10-3-1-2-9(8-10)14-21-20-13-7-6-12(22-23(13)14)19-11-4-5-11;16-15(17,18)11-4-2-1-3-10(11)14-21-20-13-8-7-12(22-23(13)14)19-9-5-6-9;15-11-4-2-1-3-10(11)14-18-17-13-8-7-12(19-20(13)14)16-9-5-6-9;1-2-4-10(5-3-1)14-17-16-13-9-8-12(18-19(13)14)15-11-6-7-11;14-10(20)8-15-11-6-7-12-16-17-13(19(12)18-11)9-4-2-1-3-5-9;19-12(20)8-14-10-6-7-11-15-16-13(18(11)17-10)9-4-2-1-3-5-9/h1-3,6-8,11H,4-5H2,(H,19,22);1-4,7-9H,5-6H2,(H,19,22);1-4,7-9H,5-6H2,(H,16,19);1-5,8-9,11H,6-7H2,(H,15,18);1-7H,8H2,(H2,14,20)(H,15,18);1-7H,8H2,(H,14,17)(H,19,20). The molecule has 630 valence electrons. The molecule has 12 heterocycles. The molecule has 0 aliphatic heterocycles. The average Bonchev–Trinajstić information content (AvgIpc) is 1.63. The van der Waals surface area contributed by atoms with Gasteiger partial charge in [-0.15, -0.1) is 91.8 Å². The normalized spacial score (nSPS) is 13.5. The predicted octanol–water partition coefficient (Wildman–Crippen LogP) is 13.6. The van der Waals surface area contributed by atoms with Gasteiger partial charge in [0.1, 0.15) is 47.3 Å². The fourth-order valence-electron chi connectivity index (χ4n) is 12.5. The van der Waals surface area contributed by atoms with Crippen molar-refractivity contribution in [2.45, 2.75) is 87.9 Å². The first-order valence-corrected chi connectivity index (χ1v) is 39.4. The Morgan fingerprint density at radius 3 is 0.968 bits per heavy atom. The minimum Gasteiger partial charge on any atom is -0.480 e. The zero-order valence-electron chi connectivity index (χ0n) is 65.6. The van der Waals surface area contributed by atoms with E-state index in [9.17, 15) is 40.3 Å². The van der Waals surface area contributed by atoms with Gasteiger partial charge in [0.15, 0.2) is 68.8 Å². The van der Waals surface area contributed by atoms with Crippen molar-refractivity contribution in [2.24, 2.45) is 5.73 Å². The summed E-state index contributed by atoms with van der Waals surface area (Å²) in [6, 6.07) is 69.3. The predicted molar refractivity (Wildman–Crippen MR) is 448 cm³/mol. The lowest BCUT2D eigenvalue weighted by Crippen LogP contribution is -2.22. The second-order valence-corrected chi connectivity index (χ2v) is 29.0. The van der Waals surface area contributed by atoms with Crippen LogP contribution in [0.1, 0.15) is 62.5 Å². The maximum Gasteiger partial charge on any atom is 0.417 e. The molecule has 4 fully saturated rings. The molecule has 0 spiro atoms. The van der Waals surface area contributed by atoms with E-state index in [-0.39, 0.29) is 36.1 Å². The highest BCUT2D eigenvalue weighted by Crippen LogP contribution is 2.38. The van der Waals surface area contributed by atoms with Gasteiger partial charge in [0.2, 0.25) is 5.91 Å². The summed E-state index contributed by atoms with van der Waals surface area (Å²) < 4.78 is 101. The molecule has 4 aliphatic carbocycles. The van der Waals surface area contributed by atoms with Crippen LogP contribution < -0.4 is 37.6 Å². The van der Waals surface area contributed by atoms with Crippen LogP contribution in [0.4, 0.5) is 65.6 Å². The molecular weight excluding hydrogens is 1620 g/mol. The number of carboxylic acid groups (broad SMARTS) is 1. The molecule has 6 aromatic carbocycles. The highest BCUT2D eigenvalue weighted by molar-refractivity contribution is 5.78. The monoisotopic (exact) mass is 1700 g/mol. The highest BCUT2D eigenvalue weighted by atomic mass is 19.4. The lowest BCUT2D eigenvalue weighted by Gasteiger charge is -2.11. The number of benzene rings is 6. The summed E-state index contributed by atoms with van der Waals surface area (Å²) in [7, 11) is 0. The smallest absolute Gasteiger partial charge is 0.417 e. The van der Waals surface area contributed by atoms with Crippen LogP contribution >= 0.6 is 0 Å². The van der Waals surface area contributed by atoms with Crippen molar-refractivity contribution >= 4 is 80.7 Å². The third kappa shape index (κ3) is 20.0. The molecule has 18 aromatic rings. The molecule has 0 atom stereocenters. The van der Waals surface area contributed by atoms with Gasteiger partial charge >= 0.3 is 18.3 Å². The minimum absolute atomic E-state index is 0.0291. The summed E-state index contributed by atoms with van der Waals surface area (Å²) in [5, 5.41) is 102. The van der Waals surface area contributed by atoms with E-state index in [0.717, 1.165) is 83.7 Å². The number of aromatic nitrogens is 24. The Morgan fingerprint density at radius 1 is 0.328 bits per heavy atom. The Labute approximate surface area is 702 Å². The van der Waals surface area contributed by atoms with Crippen molar-refractivity contribution in [3.05, 3.63) is 254 Å². The van der Waals surface area contributed by atoms with E-state index < -0.39 is 35.4 Å². The largest absolute Gasteiger partial charge is 0.480 e. The van der Waals surface area contributed by atoms with Gasteiger partial charge in [-0.25, -0.2) is 4.39 Å². The van der Waals surface area contributed by atoms with E-state index in [2.05, 4.69) is 124 Å². The molecule has 0 bridgehead atoms. The first-order valence-electron chi connectivity index (χ1n) is 39.4. The van der Waals surface area contributed by atoms with Gasteiger partial charge < -0.3 is 42.7 Å². The molecule has 125 heavy (non-hydrogen) atoms. The molecule has 41 heteroatoms. The van der Waals surface area contributed by atoms with Crippen molar-refractivity contribution in [2.75, 3.05) is 45.0 Å². The van der Waals surface area contributed by atoms with E-state index in [1.165, 1.54) is 65.0 Å². The van der Waals surface area contributed by atoms with Crippen LogP contribution in [0.3, 0.4) is 0 Å². The molecule has 0 radical (unpaired) electrons. The first kappa shape index (κ1) is 81.2. The Kier molecular flexibility index (Phi) is 23.2. The van der Waals surface area contributed by atoms with Gasteiger partial charge in [-0.1, -0.05) is 133 Å². The van der Waals surface area contributed by atoms with E-state index >= 15 is 0 Å². The van der Waals surface area contributed by atoms with E-state index in [4.69, 9.17) is 10.8 Å². The summed E-state index contributed by atoms with van der Waals surface area (Å²) in [4.78, 5) is 21.3. The van der Waals surface area contributed by atoms with Crippen LogP contribution in [0.5, 0.6) is 0 Å². The van der Waals surface area contributed by atoms with E-state index in [1.54, 1.807) is 90.9 Å². The summed E-state index contributed by atoms with van der Waals surface area (Å²) in [6.07, 6.45) is 0.280. The molecule has 0 saturated heterocycles. The Balaban J connectivity index is 0.000000106. The Bertz CT molecular complexity index is 6720. The number of nitrogens with zero attached hydrogens (tertiary/aromatic N) is 24. The number of fused-ring (bicyclic) bond motifs is 6. The fraction of sp³-hybridized carbons (Fsp3) is 0.190. The Hall–Kier alpha value is -16.1. The quantitative estimate of drug-likeness (QED) is 0.0329. The molecule has 4 aliphatic rings. The van der Waals surface area contributed by atoms with Gasteiger partial charge in [0, 0.05) is 52.0 Å². The number of carboxylic acids is 1. The second kappa shape index (κ2) is 35.7. The molecule has 0 unspecified atom stereocenters.